The molecule has 1 aromatic carbocycles. The molecular formula is C14H16ClN3. The molecule has 0 aliphatic heterocycles. The Morgan fingerprint density at radius 1 is 1.17 bits per heavy atom. The van der Waals surface area contributed by atoms with Gasteiger partial charge in [-0.2, -0.15) is 0 Å². The van der Waals surface area contributed by atoms with E-state index in [0.717, 1.165) is 23.0 Å². The summed E-state index contributed by atoms with van der Waals surface area (Å²) in [7, 11) is 0. The van der Waals surface area contributed by atoms with Gasteiger partial charge < -0.3 is 5.32 Å². The fraction of sp³-hybridized carbons (Fsp3) is 0.286. The smallest absolute Gasteiger partial charge is 0.0782 e. The molecule has 0 bridgehead atoms. The molecular weight excluding hydrogens is 246 g/mol. The van der Waals surface area contributed by atoms with E-state index < -0.39 is 0 Å². The number of aromatic nitrogens is 2. The minimum absolute atomic E-state index is 0.175. The number of hydrogen-bond acceptors (Lipinski definition) is 3. The van der Waals surface area contributed by atoms with Crippen molar-refractivity contribution in [2.24, 2.45) is 0 Å². The second kappa shape index (κ2) is 5.94. The first-order valence-corrected chi connectivity index (χ1v) is 6.30. The van der Waals surface area contributed by atoms with Crippen molar-refractivity contribution < 1.29 is 0 Å². The molecule has 3 nitrogen and oxygen atoms in total. The topological polar surface area (TPSA) is 37.8 Å². The summed E-state index contributed by atoms with van der Waals surface area (Å²) < 4.78 is 0. The zero-order valence-electron chi connectivity index (χ0n) is 10.5. The van der Waals surface area contributed by atoms with Gasteiger partial charge >= 0.3 is 0 Å². The molecule has 1 atom stereocenters. The fourth-order valence-electron chi connectivity index (χ4n) is 1.81. The highest BCUT2D eigenvalue weighted by molar-refractivity contribution is 6.30. The van der Waals surface area contributed by atoms with Gasteiger partial charge in [0.2, 0.25) is 0 Å². The average molecular weight is 262 g/mol. The summed E-state index contributed by atoms with van der Waals surface area (Å²) in [6.07, 6.45) is 3.44. The van der Waals surface area contributed by atoms with Crippen molar-refractivity contribution in [2.75, 3.05) is 0 Å². The summed E-state index contributed by atoms with van der Waals surface area (Å²) >= 11 is 5.85. The number of rotatable bonds is 4. The van der Waals surface area contributed by atoms with Gasteiger partial charge in [0.1, 0.15) is 0 Å². The van der Waals surface area contributed by atoms with E-state index in [4.69, 9.17) is 11.6 Å². The Labute approximate surface area is 112 Å². The van der Waals surface area contributed by atoms with Gasteiger partial charge in [-0.25, -0.2) is 0 Å². The molecule has 1 unspecified atom stereocenters. The number of nitrogens with zero attached hydrogens (tertiary/aromatic N) is 2. The highest BCUT2D eigenvalue weighted by Crippen LogP contribution is 2.14. The van der Waals surface area contributed by atoms with E-state index in [1.165, 1.54) is 5.56 Å². The van der Waals surface area contributed by atoms with Gasteiger partial charge in [0.15, 0.2) is 0 Å². The molecule has 0 radical (unpaired) electrons. The maximum absolute atomic E-state index is 5.85. The summed E-state index contributed by atoms with van der Waals surface area (Å²) in [6.45, 7) is 4.85. The molecule has 2 aromatic rings. The lowest BCUT2D eigenvalue weighted by atomic mass is 10.1. The molecule has 0 aliphatic rings. The van der Waals surface area contributed by atoms with Crippen LogP contribution in [0.4, 0.5) is 0 Å². The van der Waals surface area contributed by atoms with Gasteiger partial charge in [-0.15, -0.1) is 0 Å². The van der Waals surface area contributed by atoms with Crippen LogP contribution < -0.4 is 5.32 Å². The molecule has 1 aromatic heterocycles. The normalized spacial score (nSPS) is 12.4. The maximum Gasteiger partial charge on any atom is 0.0782 e. The summed E-state index contributed by atoms with van der Waals surface area (Å²) in [4.78, 5) is 8.61. The lowest BCUT2D eigenvalue weighted by molar-refractivity contribution is 0.555. The standard InChI is InChI=1S/C14H16ClN3/c1-10-14(17-8-7-16-10)11(2)18-9-12-3-5-13(15)6-4-12/h3-8,11,18H,9H2,1-2H3. The zero-order chi connectivity index (χ0) is 13.0. The third-order valence-electron chi connectivity index (χ3n) is 2.85. The van der Waals surface area contributed by atoms with Crippen molar-refractivity contribution in [1.82, 2.24) is 15.3 Å². The first-order chi connectivity index (χ1) is 8.66. The van der Waals surface area contributed by atoms with Gasteiger partial charge in [-0.1, -0.05) is 23.7 Å². The average Bonchev–Trinajstić information content (AvgIpc) is 2.38. The Kier molecular flexibility index (Phi) is 4.28. The Morgan fingerprint density at radius 3 is 2.50 bits per heavy atom. The van der Waals surface area contributed by atoms with Gasteiger partial charge in [0.25, 0.3) is 0 Å². The highest BCUT2D eigenvalue weighted by atomic mass is 35.5. The van der Waals surface area contributed by atoms with Crippen LogP contribution in [0.25, 0.3) is 0 Å². The van der Waals surface area contributed by atoms with Crippen LogP contribution in [0.1, 0.15) is 29.9 Å². The Balaban J connectivity index is 1.98. The lowest BCUT2D eigenvalue weighted by Crippen LogP contribution is -2.20. The highest BCUT2D eigenvalue weighted by Gasteiger charge is 2.09. The minimum Gasteiger partial charge on any atom is -0.305 e. The third kappa shape index (κ3) is 3.28. The van der Waals surface area contributed by atoms with Gasteiger partial charge in [0, 0.05) is 30.0 Å². The minimum atomic E-state index is 0.175. The predicted octanol–water partition coefficient (Wildman–Crippen LogP) is 3.29. The largest absolute Gasteiger partial charge is 0.305 e. The predicted molar refractivity (Wildman–Crippen MR) is 73.5 cm³/mol. The molecule has 0 saturated carbocycles. The molecule has 1 heterocycles. The maximum atomic E-state index is 5.85. The van der Waals surface area contributed by atoms with Crippen LogP contribution in [0.5, 0.6) is 0 Å². The second-order valence-electron chi connectivity index (χ2n) is 4.26. The Morgan fingerprint density at radius 2 is 1.83 bits per heavy atom. The number of nitrogens with one attached hydrogen (secondary N) is 1. The molecule has 1 N–H and O–H groups in total. The van der Waals surface area contributed by atoms with Gasteiger partial charge in [0.05, 0.1) is 11.4 Å². The summed E-state index contributed by atoms with van der Waals surface area (Å²) in [5.74, 6) is 0. The Hall–Kier alpha value is -1.45. The van der Waals surface area contributed by atoms with Crippen molar-refractivity contribution in [3.8, 4) is 0 Å². The third-order valence-corrected chi connectivity index (χ3v) is 3.11. The van der Waals surface area contributed by atoms with E-state index in [1.54, 1.807) is 12.4 Å². The van der Waals surface area contributed by atoms with Crippen LogP contribution in [0.2, 0.25) is 5.02 Å². The molecule has 0 fully saturated rings. The molecule has 4 heteroatoms. The quantitative estimate of drug-likeness (QED) is 0.918. The zero-order valence-corrected chi connectivity index (χ0v) is 11.3. The van der Waals surface area contributed by atoms with Crippen LogP contribution in [0.3, 0.4) is 0 Å². The van der Waals surface area contributed by atoms with Crippen LogP contribution in [-0.2, 0) is 6.54 Å². The van der Waals surface area contributed by atoms with E-state index >= 15 is 0 Å². The van der Waals surface area contributed by atoms with Gasteiger partial charge in [-0.3, -0.25) is 9.97 Å². The van der Waals surface area contributed by atoms with Gasteiger partial charge in [-0.05, 0) is 31.5 Å². The molecule has 0 amide bonds. The summed E-state index contributed by atoms with van der Waals surface area (Å²) in [5, 5.41) is 4.19. The number of benzene rings is 1. The number of halogens is 1. The van der Waals surface area contributed by atoms with E-state index in [0.29, 0.717) is 0 Å². The van der Waals surface area contributed by atoms with Crippen molar-refractivity contribution in [1.29, 1.82) is 0 Å². The van der Waals surface area contributed by atoms with Crippen LogP contribution in [0.15, 0.2) is 36.7 Å². The molecule has 2 rings (SSSR count). The number of aryl methyl sites for hydroxylation is 1. The lowest BCUT2D eigenvalue weighted by Gasteiger charge is -2.14. The summed E-state index contributed by atoms with van der Waals surface area (Å²) in [6, 6.07) is 8.01. The van der Waals surface area contributed by atoms with E-state index in [-0.39, 0.29) is 6.04 Å². The molecule has 0 saturated heterocycles. The molecule has 0 aliphatic carbocycles. The van der Waals surface area contributed by atoms with E-state index in [1.807, 2.05) is 31.2 Å². The molecule has 94 valence electrons. The second-order valence-corrected chi connectivity index (χ2v) is 4.69. The molecule has 0 spiro atoms. The first-order valence-electron chi connectivity index (χ1n) is 5.92. The first kappa shape index (κ1) is 13.0. The van der Waals surface area contributed by atoms with E-state index in [9.17, 15) is 0 Å². The van der Waals surface area contributed by atoms with Crippen molar-refractivity contribution in [3.63, 3.8) is 0 Å². The van der Waals surface area contributed by atoms with Crippen LogP contribution >= 0.6 is 11.6 Å². The van der Waals surface area contributed by atoms with Crippen LogP contribution in [-0.4, -0.2) is 9.97 Å². The van der Waals surface area contributed by atoms with Crippen molar-refractivity contribution in [3.05, 3.63) is 58.6 Å². The Bertz CT molecular complexity index is 511. The monoisotopic (exact) mass is 261 g/mol. The van der Waals surface area contributed by atoms with Crippen molar-refractivity contribution >= 4 is 11.6 Å². The summed E-state index contributed by atoms with van der Waals surface area (Å²) in [5.41, 5.74) is 3.16. The van der Waals surface area contributed by atoms with E-state index in [2.05, 4.69) is 22.2 Å². The SMILES string of the molecule is Cc1nccnc1C(C)NCc1ccc(Cl)cc1. The fourth-order valence-corrected chi connectivity index (χ4v) is 1.94. The number of hydrogen-bond donors (Lipinski definition) is 1. The molecule has 18 heavy (non-hydrogen) atoms. The van der Waals surface area contributed by atoms with Crippen molar-refractivity contribution in [2.45, 2.75) is 26.4 Å². The van der Waals surface area contributed by atoms with Crippen LogP contribution in [0, 0.1) is 6.92 Å².